The molecule has 1 rings (SSSR count). The number of rotatable bonds is 12. The first-order valence-corrected chi connectivity index (χ1v) is 9.38. The Kier molecular flexibility index (Phi) is 9.65. The summed E-state index contributed by atoms with van der Waals surface area (Å²) in [6, 6.07) is 0. The maximum absolute atomic E-state index is 10.1. The molecule has 0 aromatic carbocycles. The molecule has 1 aliphatic rings. The molecule has 0 saturated carbocycles. The Hall–Kier alpha value is -0.670. The van der Waals surface area contributed by atoms with Crippen molar-refractivity contribution in [3.05, 3.63) is 12.2 Å². The van der Waals surface area contributed by atoms with Crippen molar-refractivity contribution in [1.29, 1.82) is 0 Å². The van der Waals surface area contributed by atoms with Gasteiger partial charge < -0.3 is 5.11 Å². The number of aliphatic hydroxyl groups excluding tert-OH is 1. The van der Waals surface area contributed by atoms with Gasteiger partial charge in [0.05, 0.1) is 12.8 Å². The van der Waals surface area contributed by atoms with Gasteiger partial charge in [0.2, 0.25) is 0 Å². The lowest BCUT2D eigenvalue weighted by atomic mass is 10.1. The Morgan fingerprint density at radius 2 is 1.82 bits per heavy atom. The van der Waals surface area contributed by atoms with E-state index in [9.17, 15) is 5.11 Å². The Bertz CT molecular complexity index is 338. The molecule has 22 heavy (non-hydrogen) atoms. The lowest BCUT2D eigenvalue weighted by Crippen LogP contribution is -2.57. The average molecular weight is 310 g/mol. The molecule has 0 bridgehead atoms. The number of hydrogen-bond donors (Lipinski definition) is 1. The molecule has 1 aliphatic heterocycles. The van der Waals surface area contributed by atoms with Crippen LogP contribution < -0.4 is 0 Å². The summed E-state index contributed by atoms with van der Waals surface area (Å²) in [6.45, 7) is 8.17. The van der Waals surface area contributed by atoms with Crippen molar-refractivity contribution in [3.8, 4) is 0 Å². The summed E-state index contributed by atoms with van der Waals surface area (Å²) in [7, 11) is 0. The van der Waals surface area contributed by atoms with Crippen LogP contribution in [0.5, 0.6) is 0 Å². The third kappa shape index (κ3) is 5.85. The van der Waals surface area contributed by atoms with Crippen LogP contribution in [0.25, 0.3) is 0 Å². The lowest BCUT2D eigenvalue weighted by Gasteiger charge is -2.40. The zero-order chi connectivity index (χ0) is 16.3. The zero-order valence-electron chi connectivity index (χ0n) is 15.0. The van der Waals surface area contributed by atoms with Gasteiger partial charge in [0, 0.05) is 13.3 Å². The Balaban J connectivity index is 2.11. The standard InChI is InChI=1S/C19H37N2O/c1-4-6-7-8-9-10-11-12-13-14-15-19-20-16-17-21(19,5-2)18(3)22/h8-9,16,18-19,22H,4-7,10-15,17H2,1-3H3/q+1/b9-8+. The number of aliphatic hydroxyl groups is 1. The number of quaternary nitrogens is 1. The smallest absolute Gasteiger partial charge is 0.189 e. The minimum absolute atomic E-state index is 0.277. The van der Waals surface area contributed by atoms with Crippen molar-refractivity contribution in [2.75, 3.05) is 13.1 Å². The number of allylic oxidation sites excluding steroid dienone is 2. The van der Waals surface area contributed by atoms with Crippen LogP contribution in [0.4, 0.5) is 0 Å². The highest BCUT2D eigenvalue weighted by Gasteiger charge is 2.41. The molecule has 1 N–H and O–H groups in total. The fourth-order valence-corrected chi connectivity index (χ4v) is 3.41. The van der Waals surface area contributed by atoms with E-state index in [2.05, 4.69) is 31.0 Å². The molecular formula is C19H37N2O+. The molecule has 0 amide bonds. The van der Waals surface area contributed by atoms with Crippen LogP contribution in [-0.4, -0.2) is 41.3 Å². The summed E-state index contributed by atoms with van der Waals surface area (Å²) in [5.41, 5.74) is 0. The monoisotopic (exact) mass is 309 g/mol. The molecule has 128 valence electrons. The van der Waals surface area contributed by atoms with Gasteiger partial charge in [0.15, 0.2) is 12.4 Å². The highest BCUT2D eigenvalue weighted by Crippen LogP contribution is 2.26. The molecule has 0 spiro atoms. The molecule has 3 atom stereocenters. The van der Waals surface area contributed by atoms with Crippen molar-refractivity contribution < 1.29 is 9.59 Å². The number of unbranched alkanes of at least 4 members (excludes halogenated alkanes) is 6. The third-order valence-corrected chi connectivity index (χ3v) is 5.10. The van der Waals surface area contributed by atoms with E-state index < -0.39 is 0 Å². The van der Waals surface area contributed by atoms with Crippen LogP contribution in [0.3, 0.4) is 0 Å². The average Bonchev–Trinajstić information content (AvgIpc) is 2.93. The Morgan fingerprint density at radius 1 is 1.14 bits per heavy atom. The summed E-state index contributed by atoms with van der Waals surface area (Å²) in [5, 5.41) is 10.1. The fourth-order valence-electron chi connectivity index (χ4n) is 3.41. The zero-order valence-corrected chi connectivity index (χ0v) is 15.0. The predicted molar refractivity (Wildman–Crippen MR) is 96.0 cm³/mol. The molecule has 0 aromatic rings. The van der Waals surface area contributed by atoms with E-state index in [0.29, 0.717) is 0 Å². The first-order chi connectivity index (χ1) is 10.7. The van der Waals surface area contributed by atoms with Crippen LogP contribution in [0.2, 0.25) is 0 Å². The first kappa shape index (κ1) is 19.4. The number of nitrogens with zero attached hydrogens (tertiary/aromatic N) is 2. The van der Waals surface area contributed by atoms with E-state index in [-0.39, 0.29) is 12.4 Å². The van der Waals surface area contributed by atoms with Crippen molar-refractivity contribution >= 4 is 6.21 Å². The Labute approximate surface area is 137 Å². The molecule has 0 fully saturated rings. The van der Waals surface area contributed by atoms with Crippen molar-refractivity contribution in [2.45, 2.75) is 91.0 Å². The van der Waals surface area contributed by atoms with E-state index in [4.69, 9.17) is 0 Å². The van der Waals surface area contributed by atoms with Crippen molar-refractivity contribution in [3.63, 3.8) is 0 Å². The van der Waals surface area contributed by atoms with E-state index in [1.807, 2.05) is 13.1 Å². The third-order valence-electron chi connectivity index (χ3n) is 5.10. The minimum Gasteiger partial charge on any atom is -0.345 e. The van der Waals surface area contributed by atoms with Gasteiger partial charge in [-0.2, -0.15) is 0 Å². The second-order valence-electron chi connectivity index (χ2n) is 6.65. The fraction of sp³-hybridized carbons (Fsp3) is 0.842. The van der Waals surface area contributed by atoms with Gasteiger partial charge in [-0.05, 0) is 32.6 Å². The molecular weight excluding hydrogens is 272 g/mol. The number of aliphatic imine (C=N–C) groups is 1. The van der Waals surface area contributed by atoms with Gasteiger partial charge in [-0.25, -0.2) is 4.99 Å². The SMILES string of the molecule is CCCC/C=C/CCCCCCC1N=CC[N+]1(CC)C(C)O. The van der Waals surface area contributed by atoms with Crippen LogP contribution >= 0.6 is 0 Å². The second-order valence-corrected chi connectivity index (χ2v) is 6.65. The summed E-state index contributed by atoms with van der Waals surface area (Å²) in [5.74, 6) is 0. The predicted octanol–water partition coefficient (Wildman–Crippen LogP) is 4.66. The number of hydrogen-bond acceptors (Lipinski definition) is 2. The quantitative estimate of drug-likeness (QED) is 0.317. The minimum atomic E-state index is -0.314. The highest BCUT2D eigenvalue weighted by molar-refractivity contribution is 5.60. The van der Waals surface area contributed by atoms with E-state index in [1.165, 1.54) is 51.4 Å². The summed E-state index contributed by atoms with van der Waals surface area (Å²) >= 11 is 0. The summed E-state index contributed by atoms with van der Waals surface area (Å²) in [4.78, 5) is 4.63. The lowest BCUT2D eigenvalue weighted by molar-refractivity contribution is -0.976. The van der Waals surface area contributed by atoms with Gasteiger partial charge in [0.25, 0.3) is 0 Å². The molecule has 0 aliphatic carbocycles. The second kappa shape index (κ2) is 11.0. The maximum Gasteiger partial charge on any atom is 0.189 e. The topological polar surface area (TPSA) is 32.6 Å². The van der Waals surface area contributed by atoms with Gasteiger partial charge >= 0.3 is 0 Å². The van der Waals surface area contributed by atoms with E-state index >= 15 is 0 Å². The van der Waals surface area contributed by atoms with Gasteiger partial charge in [-0.3, -0.25) is 4.48 Å². The Morgan fingerprint density at radius 3 is 2.45 bits per heavy atom. The molecule has 0 saturated heterocycles. The van der Waals surface area contributed by atoms with Gasteiger partial charge in [0.1, 0.15) is 6.54 Å². The van der Waals surface area contributed by atoms with Crippen LogP contribution in [-0.2, 0) is 0 Å². The molecule has 3 unspecified atom stereocenters. The summed E-state index contributed by atoms with van der Waals surface area (Å²) < 4.78 is 0.736. The normalized spacial score (nSPS) is 26.1. The maximum atomic E-state index is 10.1. The molecule has 0 radical (unpaired) electrons. The van der Waals surface area contributed by atoms with Crippen molar-refractivity contribution in [2.24, 2.45) is 4.99 Å². The van der Waals surface area contributed by atoms with Crippen molar-refractivity contribution in [1.82, 2.24) is 0 Å². The molecule has 0 aromatic heterocycles. The van der Waals surface area contributed by atoms with Crippen LogP contribution in [0.1, 0.15) is 78.6 Å². The van der Waals surface area contributed by atoms with Gasteiger partial charge in [-0.15, -0.1) is 0 Å². The molecule has 3 nitrogen and oxygen atoms in total. The van der Waals surface area contributed by atoms with Crippen LogP contribution in [0.15, 0.2) is 17.1 Å². The summed E-state index contributed by atoms with van der Waals surface area (Å²) in [6.07, 6.45) is 18.0. The molecule has 1 heterocycles. The van der Waals surface area contributed by atoms with E-state index in [0.717, 1.165) is 24.0 Å². The molecule has 3 heteroatoms. The van der Waals surface area contributed by atoms with Gasteiger partial charge in [-0.1, -0.05) is 44.8 Å². The van der Waals surface area contributed by atoms with E-state index in [1.54, 1.807) is 0 Å². The first-order valence-electron chi connectivity index (χ1n) is 9.38. The highest BCUT2D eigenvalue weighted by atomic mass is 16.3. The van der Waals surface area contributed by atoms with Crippen LogP contribution in [0, 0.1) is 0 Å². The largest absolute Gasteiger partial charge is 0.345 e.